The van der Waals surface area contributed by atoms with Gasteiger partial charge in [0.2, 0.25) is 0 Å². The molecule has 0 aliphatic carbocycles. The van der Waals surface area contributed by atoms with E-state index >= 15 is 0 Å². The first-order chi connectivity index (χ1) is 7.56. The predicted molar refractivity (Wildman–Crippen MR) is 55.6 cm³/mol. The first-order valence-electron chi connectivity index (χ1n) is 4.48. The highest BCUT2D eigenvalue weighted by molar-refractivity contribution is 5.92. The Kier molecular flexibility index (Phi) is 3.70. The van der Waals surface area contributed by atoms with Gasteiger partial charge in [0.05, 0.1) is 13.4 Å². The molecule has 0 bridgehead atoms. The number of nitrogens with zero attached hydrogens (tertiary/aromatic N) is 2. The summed E-state index contributed by atoms with van der Waals surface area (Å²) in [6, 6.07) is -0.619. The molecule has 1 aromatic rings. The van der Waals surface area contributed by atoms with Crippen LogP contribution in [-0.2, 0) is 11.3 Å². The number of nitrogens with one attached hydrogen (secondary N) is 1. The zero-order valence-corrected chi connectivity index (χ0v) is 8.77. The molecule has 8 heteroatoms. The summed E-state index contributed by atoms with van der Waals surface area (Å²) in [6.07, 6.45) is 1.39. The third-order valence-electron chi connectivity index (χ3n) is 1.91. The lowest BCUT2D eigenvalue weighted by Gasteiger charge is -2.05. The molecule has 0 saturated heterocycles. The van der Waals surface area contributed by atoms with Gasteiger partial charge >= 0.3 is 12.0 Å². The number of carbonyl (C=O) groups excluding carboxylic acids is 2. The number of imidazole rings is 1. The van der Waals surface area contributed by atoms with E-state index in [4.69, 9.17) is 11.5 Å². The van der Waals surface area contributed by atoms with Crippen molar-refractivity contribution in [3.05, 3.63) is 12.0 Å². The zero-order valence-electron chi connectivity index (χ0n) is 8.77. The number of anilines is 1. The van der Waals surface area contributed by atoms with Crippen LogP contribution in [0.4, 0.5) is 10.6 Å². The summed E-state index contributed by atoms with van der Waals surface area (Å²) < 4.78 is 6.00. The second-order valence-corrected chi connectivity index (χ2v) is 2.95. The normalized spacial score (nSPS) is 9.81. The number of urea groups is 1. The Hall–Kier alpha value is -2.25. The molecule has 88 valence electrons. The third kappa shape index (κ3) is 2.62. The van der Waals surface area contributed by atoms with Crippen molar-refractivity contribution < 1.29 is 14.3 Å². The monoisotopic (exact) mass is 227 g/mol. The molecule has 1 heterocycles. The van der Waals surface area contributed by atoms with Gasteiger partial charge in [-0.15, -0.1) is 0 Å². The van der Waals surface area contributed by atoms with E-state index < -0.39 is 12.0 Å². The summed E-state index contributed by atoms with van der Waals surface area (Å²) in [4.78, 5) is 25.4. The second kappa shape index (κ2) is 5.01. The van der Waals surface area contributed by atoms with Crippen molar-refractivity contribution in [2.45, 2.75) is 6.54 Å². The molecule has 0 atom stereocenters. The second-order valence-electron chi connectivity index (χ2n) is 2.95. The lowest BCUT2D eigenvalue weighted by atomic mass is 10.4. The molecule has 0 radical (unpaired) electrons. The molecule has 1 aromatic heterocycles. The van der Waals surface area contributed by atoms with Gasteiger partial charge in [-0.05, 0) is 0 Å². The smallest absolute Gasteiger partial charge is 0.360 e. The Labute approximate surface area is 91.6 Å². The summed E-state index contributed by atoms with van der Waals surface area (Å²) in [6.45, 7) is 0.676. The van der Waals surface area contributed by atoms with Crippen LogP contribution in [0.5, 0.6) is 0 Å². The van der Waals surface area contributed by atoms with Gasteiger partial charge in [-0.3, -0.25) is 0 Å². The molecular formula is C8H13N5O3. The molecule has 0 fully saturated rings. The maximum atomic E-state index is 11.2. The summed E-state index contributed by atoms with van der Waals surface area (Å²) in [5.41, 5.74) is 10.6. The first-order valence-corrected chi connectivity index (χ1v) is 4.48. The number of methoxy groups -OCH3 is 1. The van der Waals surface area contributed by atoms with E-state index in [1.54, 1.807) is 0 Å². The van der Waals surface area contributed by atoms with E-state index in [-0.39, 0.29) is 11.5 Å². The van der Waals surface area contributed by atoms with Crippen molar-refractivity contribution >= 4 is 17.8 Å². The molecule has 8 nitrogen and oxygen atoms in total. The Morgan fingerprint density at radius 2 is 2.31 bits per heavy atom. The van der Waals surface area contributed by atoms with Crippen LogP contribution < -0.4 is 16.8 Å². The van der Waals surface area contributed by atoms with Crippen LogP contribution in [0, 0.1) is 0 Å². The Morgan fingerprint density at radius 1 is 1.62 bits per heavy atom. The quantitative estimate of drug-likeness (QED) is 0.564. The van der Waals surface area contributed by atoms with Gasteiger partial charge in [0.25, 0.3) is 0 Å². The van der Waals surface area contributed by atoms with Gasteiger partial charge in [-0.25, -0.2) is 14.6 Å². The highest BCUT2D eigenvalue weighted by Gasteiger charge is 2.15. The van der Waals surface area contributed by atoms with E-state index in [1.807, 2.05) is 0 Å². The fourth-order valence-corrected chi connectivity index (χ4v) is 1.12. The van der Waals surface area contributed by atoms with Crippen molar-refractivity contribution in [1.82, 2.24) is 14.9 Å². The molecular weight excluding hydrogens is 214 g/mol. The highest BCUT2D eigenvalue weighted by Crippen LogP contribution is 2.10. The number of hydrogen-bond donors (Lipinski definition) is 3. The van der Waals surface area contributed by atoms with Crippen molar-refractivity contribution in [3.63, 3.8) is 0 Å². The Morgan fingerprint density at radius 3 is 2.88 bits per heavy atom. The number of amides is 2. The molecule has 0 aromatic carbocycles. The Balaban J connectivity index is 2.65. The number of aromatic nitrogens is 2. The summed E-state index contributed by atoms with van der Waals surface area (Å²) >= 11 is 0. The first kappa shape index (κ1) is 11.8. The molecule has 0 aliphatic rings. The molecule has 16 heavy (non-hydrogen) atoms. The van der Waals surface area contributed by atoms with E-state index in [0.29, 0.717) is 13.1 Å². The van der Waals surface area contributed by atoms with Gasteiger partial charge in [0.15, 0.2) is 5.69 Å². The van der Waals surface area contributed by atoms with Crippen LogP contribution in [0.2, 0.25) is 0 Å². The van der Waals surface area contributed by atoms with Crippen molar-refractivity contribution in [2.75, 3.05) is 19.4 Å². The lowest BCUT2D eigenvalue weighted by Crippen LogP contribution is -2.32. The number of carbonyl (C=O) groups is 2. The molecule has 5 N–H and O–H groups in total. The van der Waals surface area contributed by atoms with Crippen LogP contribution in [-0.4, -0.2) is 35.2 Å². The molecule has 2 amide bonds. The molecule has 0 saturated carbocycles. The summed E-state index contributed by atoms with van der Waals surface area (Å²) in [5.74, 6) is -0.405. The average Bonchev–Trinajstić information content (AvgIpc) is 2.59. The minimum Gasteiger partial charge on any atom is -0.464 e. The number of nitrogen functional groups attached to an aromatic ring is 1. The predicted octanol–water partition coefficient (Wildman–Crippen LogP) is -1.08. The van der Waals surface area contributed by atoms with Gasteiger partial charge in [-0.2, -0.15) is 0 Å². The summed E-state index contributed by atoms with van der Waals surface area (Å²) in [5, 5.41) is 2.39. The van der Waals surface area contributed by atoms with Crippen molar-refractivity contribution in [1.29, 1.82) is 0 Å². The lowest BCUT2D eigenvalue weighted by molar-refractivity contribution is 0.0596. The maximum absolute atomic E-state index is 11.2. The largest absolute Gasteiger partial charge is 0.464 e. The van der Waals surface area contributed by atoms with Gasteiger partial charge < -0.3 is 26.1 Å². The van der Waals surface area contributed by atoms with E-state index in [9.17, 15) is 9.59 Å². The summed E-state index contributed by atoms with van der Waals surface area (Å²) in [7, 11) is 1.25. The molecule has 0 unspecified atom stereocenters. The van der Waals surface area contributed by atoms with Gasteiger partial charge in [-0.1, -0.05) is 0 Å². The van der Waals surface area contributed by atoms with E-state index in [1.165, 1.54) is 18.0 Å². The Bertz CT molecular complexity index is 400. The van der Waals surface area contributed by atoms with Crippen molar-refractivity contribution in [3.8, 4) is 0 Å². The maximum Gasteiger partial charge on any atom is 0.360 e. The molecule has 0 spiro atoms. The van der Waals surface area contributed by atoms with Crippen LogP contribution in [0.15, 0.2) is 6.33 Å². The van der Waals surface area contributed by atoms with Crippen LogP contribution in [0.25, 0.3) is 0 Å². The highest BCUT2D eigenvalue weighted by atomic mass is 16.5. The van der Waals surface area contributed by atoms with Crippen LogP contribution in [0.1, 0.15) is 10.5 Å². The minimum atomic E-state index is -0.619. The van der Waals surface area contributed by atoms with E-state index in [2.05, 4.69) is 15.0 Å². The van der Waals surface area contributed by atoms with E-state index in [0.717, 1.165) is 0 Å². The fraction of sp³-hybridized carbons (Fsp3) is 0.375. The third-order valence-corrected chi connectivity index (χ3v) is 1.91. The number of ether oxygens (including phenoxy) is 1. The number of rotatable bonds is 4. The van der Waals surface area contributed by atoms with Crippen LogP contribution >= 0.6 is 0 Å². The minimum absolute atomic E-state index is 0.0570. The van der Waals surface area contributed by atoms with Gasteiger partial charge in [0.1, 0.15) is 5.82 Å². The average molecular weight is 227 g/mol. The fourth-order valence-electron chi connectivity index (χ4n) is 1.12. The molecule has 1 rings (SSSR count). The molecule has 0 aliphatic heterocycles. The zero-order chi connectivity index (χ0) is 12.1. The number of esters is 1. The standard InChI is InChI=1S/C8H13N5O3/c1-16-7(14)5-6(9)13(4-12-5)3-2-11-8(10)15/h4H,2-3,9H2,1H3,(H3,10,11,15). The SMILES string of the molecule is COC(=O)c1ncn(CCNC(N)=O)c1N. The van der Waals surface area contributed by atoms with Crippen LogP contribution in [0.3, 0.4) is 0 Å². The number of nitrogens with two attached hydrogens (primary N) is 2. The number of hydrogen-bond acceptors (Lipinski definition) is 5. The topological polar surface area (TPSA) is 125 Å². The number of primary amides is 1. The van der Waals surface area contributed by atoms with Crippen molar-refractivity contribution in [2.24, 2.45) is 5.73 Å². The van der Waals surface area contributed by atoms with Gasteiger partial charge in [0, 0.05) is 13.1 Å².